The van der Waals surface area contributed by atoms with E-state index in [1.165, 1.54) is 19.3 Å². The van der Waals surface area contributed by atoms with Gasteiger partial charge >= 0.3 is 0 Å². The number of rotatable bonds is 3. The van der Waals surface area contributed by atoms with Gasteiger partial charge in [0.2, 0.25) is 11.8 Å². The van der Waals surface area contributed by atoms with Crippen LogP contribution < -0.4 is 5.73 Å². The first-order valence-electron chi connectivity index (χ1n) is 10.7. The summed E-state index contributed by atoms with van der Waals surface area (Å²) < 4.78 is 0. The highest BCUT2D eigenvalue weighted by atomic mass is 35.5. The maximum absolute atomic E-state index is 13.0. The van der Waals surface area contributed by atoms with Crippen molar-refractivity contribution in [3.63, 3.8) is 0 Å². The standard InChI is InChI=1S/C20H34N4O2.2ClH/c21-19-15-4-3-5-16(19)13-17(12-15)20(26)24-10-8-22(9-11-24)14-18(25)23-6-1-2-7-23;;/h15-17,19H,1-14,21H2;2*1H. The van der Waals surface area contributed by atoms with E-state index in [-0.39, 0.29) is 36.6 Å². The molecular formula is C20H36Cl2N4O2. The van der Waals surface area contributed by atoms with Gasteiger partial charge < -0.3 is 15.5 Å². The number of carbonyl (C=O) groups is 2. The molecule has 2 aliphatic carbocycles. The molecule has 2 unspecified atom stereocenters. The fourth-order valence-corrected chi connectivity index (χ4v) is 5.63. The second-order valence-corrected chi connectivity index (χ2v) is 8.89. The molecule has 2 saturated carbocycles. The molecular weight excluding hydrogens is 399 g/mol. The van der Waals surface area contributed by atoms with Gasteiger partial charge in [0.05, 0.1) is 6.54 Å². The lowest BCUT2D eigenvalue weighted by molar-refractivity contribution is -0.141. The topological polar surface area (TPSA) is 69.9 Å². The minimum Gasteiger partial charge on any atom is -0.342 e. The zero-order valence-electron chi connectivity index (χ0n) is 16.8. The van der Waals surface area contributed by atoms with Crippen molar-refractivity contribution < 1.29 is 9.59 Å². The third-order valence-electron chi connectivity index (χ3n) is 7.26. The molecule has 8 heteroatoms. The van der Waals surface area contributed by atoms with Gasteiger partial charge in [0, 0.05) is 51.2 Å². The number of halogens is 2. The summed E-state index contributed by atoms with van der Waals surface area (Å²) in [5.74, 6) is 1.89. The Labute approximate surface area is 181 Å². The van der Waals surface area contributed by atoms with Crippen LogP contribution in [0.2, 0.25) is 0 Å². The van der Waals surface area contributed by atoms with Crippen LogP contribution in [-0.4, -0.2) is 78.4 Å². The van der Waals surface area contributed by atoms with E-state index >= 15 is 0 Å². The minimum absolute atomic E-state index is 0. The van der Waals surface area contributed by atoms with Crippen molar-refractivity contribution in [1.29, 1.82) is 0 Å². The Morgan fingerprint density at radius 2 is 1.36 bits per heavy atom. The molecule has 0 spiro atoms. The summed E-state index contributed by atoms with van der Waals surface area (Å²) in [6.45, 7) is 5.54. The molecule has 0 aromatic carbocycles. The molecule has 0 aromatic rings. The van der Waals surface area contributed by atoms with Crippen LogP contribution >= 0.6 is 24.8 Å². The second kappa shape index (κ2) is 10.5. The lowest BCUT2D eigenvalue weighted by Crippen LogP contribution is -2.54. The van der Waals surface area contributed by atoms with Crippen LogP contribution in [0.4, 0.5) is 0 Å². The van der Waals surface area contributed by atoms with E-state index in [0.717, 1.165) is 65.0 Å². The maximum Gasteiger partial charge on any atom is 0.236 e. The highest BCUT2D eigenvalue weighted by molar-refractivity contribution is 5.85. The molecule has 2 bridgehead atoms. The third-order valence-corrected chi connectivity index (χ3v) is 7.26. The smallest absolute Gasteiger partial charge is 0.236 e. The zero-order chi connectivity index (χ0) is 18.1. The van der Waals surface area contributed by atoms with Crippen LogP contribution in [-0.2, 0) is 9.59 Å². The van der Waals surface area contributed by atoms with Gasteiger partial charge in [-0.15, -0.1) is 24.8 Å². The number of carbonyl (C=O) groups excluding carboxylic acids is 2. The molecule has 2 amide bonds. The van der Waals surface area contributed by atoms with E-state index < -0.39 is 0 Å². The van der Waals surface area contributed by atoms with Crippen molar-refractivity contribution in [3.8, 4) is 0 Å². The summed E-state index contributed by atoms with van der Waals surface area (Å²) in [5.41, 5.74) is 6.37. The maximum atomic E-state index is 13.0. The van der Waals surface area contributed by atoms with E-state index in [4.69, 9.17) is 5.73 Å². The first kappa shape index (κ1) is 23.7. The summed E-state index contributed by atoms with van der Waals surface area (Å²) in [7, 11) is 0. The molecule has 0 radical (unpaired) electrons. The number of likely N-dealkylation sites (tertiary alicyclic amines) is 1. The van der Waals surface area contributed by atoms with Gasteiger partial charge in [-0.3, -0.25) is 14.5 Å². The Balaban J connectivity index is 0.00000140. The van der Waals surface area contributed by atoms with Crippen molar-refractivity contribution in [1.82, 2.24) is 14.7 Å². The van der Waals surface area contributed by atoms with Gasteiger partial charge in [-0.1, -0.05) is 6.42 Å². The van der Waals surface area contributed by atoms with Crippen LogP contribution in [0.15, 0.2) is 0 Å². The van der Waals surface area contributed by atoms with Crippen LogP contribution in [0.25, 0.3) is 0 Å². The predicted molar refractivity (Wildman–Crippen MR) is 115 cm³/mol. The fourth-order valence-electron chi connectivity index (χ4n) is 5.63. The van der Waals surface area contributed by atoms with E-state index in [1.54, 1.807) is 0 Å². The van der Waals surface area contributed by atoms with Gasteiger partial charge in [0.15, 0.2) is 0 Å². The second-order valence-electron chi connectivity index (χ2n) is 8.89. The number of hydrogen-bond acceptors (Lipinski definition) is 4. The molecule has 4 aliphatic rings. The first-order chi connectivity index (χ1) is 12.6. The summed E-state index contributed by atoms with van der Waals surface area (Å²) >= 11 is 0. The Morgan fingerprint density at radius 3 is 1.93 bits per heavy atom. The van der Waals surface area contributed by atoms with Gasteiger partial charge in [-0.05, 0) is 50.4 Å². The molecule has 2 atom stereocenters. The molecule has 2 aliphatic heterocycles. The predicted octanol–water partition coefficient (Wildman–Crippen LogP) is 1.75. The van der Waals surface area contributed by atoms with Crippen LogP contribution in [0.5, 0.6) is 0 Å². The zero-order valence-corrected chi connectivity index (χ0v) is 18.4. The van der Waals surface area contributed by atoms with E-state index in [0.29, 0.717) is 30.3 Å². The summed E-state index contributed by atoms with van der Waals surface area (Å²) in [5, 5.41) is 0. The van der Waals surface area contributed by atoms with Crippen molar-refractivity contribution in [3.05, 3.63) is 0 Å². The Hall–Kier alpha value is -0.560. The summed E-state index contributed by atoms with van der Waals surface area (Å²) in [4.78, 5) is 31.6. The molecule has 2 heterocycles. The summed E-state index contributed by atoms with van der Waals surface area (Å²) in [6, 6.07) is 0.321. The lowest BCUT2D eigenvalue weighted by atomic mass is 9.65. The van der Waals surface area contributed by atoms with Crippen LogP contribution in [0.1, 0.15) is 44.9 Å². The summed E-state index contributed by atoms with van der Waals surface area (Å²) in [6.07, 6.45) is 7.95. The van der Waals surface area contributed by atoms with Gasteiger partial charge in [-0.2, -0.15) is 0 Å². The average Bonchev–Trinajstić information content (AvgIpc) is 3.16. The number of amides is 2. The monoisotopic (exact) mass is 434 g/mol. The molecule has 2 saturated heterocycles. The normalized spacial score (nSPS) is 33.0. The molecule has 28 heavy (non-hydrogen) atoms. The van der Waals surface area contributed by atoms with Crippen molar-refractivity contribution in [2.75, 3.05) is 45.8 Å². The highest BCUT2D eigenvalue weighted by Crippen LogP contribution is 2.42. The SMILES string of the molecule is Cl.Cl.NC1C2CCCC1CC(C(=O)N1CCN(CC(=O)N3CCCC3)CC1)C2. The number of nitrogens with two attached hydrogens (primary N) is 1. The number of fused-ring (bicyclic) bond motifs is 2. The quantitative estimate of drug-likeness (QED) is 0.734. The molecule has 162 valence electrons. The van der Waals surface area contributed by atoms with Gasteiger partial charge in [-0.25, -0.2) is 0 Å². The lowest BCUT2D eigenvalue weighted by Gasteiger charge is -2.45. The van der Waals surface area contributed by atoms with Gasteiger partial charge in [0.25, 0.3) is 0 Å². The van der Waals surface area contributed by atoms with Gasteiger partial charge in [0.1, 0.15) is 0 Å². The Morgan fingerprint density at radius 1 is 0.786 bits per heavy atom. The molecule has 4 fully saturated rings. The first-order valence-corrected chi connectivity index (χ1v) is 10.7. The molecule has 4 rings (SSSR count). The number of hydrogen-bond donors (Lipinski definition) is 1. The van der Waals surface area contributed by atoms with Crippen molar-refractivity contribution >= 4 is 36.6 Å². The van der Waals surface area contributed by atoms with Crippen LogP contribution in [0, 0.1) is 17.8 Å². The van der Waals surface area contributed by atoms with Crippen molar-refractivity contribution in [2.45, 2.75) is 51.0 Å². The molecule has 6 nitrogen and oxygen atoms in total. The van der Waals surface area contributed by atoms with Crippen LogP contribution in [0.3, 0.4) is 0 Å². The number of piperazine rings is 1. The van der Waals surface area contributed by atoms with E-state index in [9.17, 15) is 9.59 Å². The minimum atomic E-state index is 0. The average molecular weight is 435 g/mol. The van der Waals surface area contributed by atoms with Crippen molar-refractivity contribution in [2.24, 2.45) is 23.5 Å². The molecule has 0 aromatic heterocycles. The molecule has 2 N–H and O–H groups in total. The highest BCUT2D eigenvalue weighted by Gasteiger charge is 2.42. The van der Waals surface area contributed by atoms with E-state index in [2.05, 4.69) is 4.90 Å². The fraction of sp³-hybridized carbons (Fsp3) is 0.900. The third kappa shape index (κ3) is 5.13. The van der Waals surface area contributed by atoms with E-state index in [1.807, 2.05) is 9.80 Å². The Bertz CT molecular complexity index is 522. The largest absolute Gasteiger partial charge is 0.342 e. The number of nitrogens with zero attached hydrogens (tertiary/aromatic N) is 3. The Kier molecular flexibility index (Phi) is 8.86.